The van der Waals surface area contributed by atoms with Crippen LogP contribution in [-0.4, -0.2) is 19.3 Å². The van der Waals surface area contributed by atoms with E-state index in [0.717, 1.165) is 17.7 Å². The van der Waals surface area contributed by atoms with Gasteiger partial charge in [0, 0.05) is 12.2 Å². The quantitative estimate of drug-likeness (QED) is 0.466. The van der Waals surface area contributed by atoms with Crippen LogP contribution in [0.25, 0.3) is 0 Å². The van der Waals surface area contributed by atoms with E-state index in [4.69, 9.17) is 7.85 Å². The number of unbranched alkanes of at least 4 members (excludes halogenated alkanes) is 2. The van der Waals surface area contributed by atoms with E-state index >= 15 is 0 Å². The molecule has 0 saturated carbocycles. The highest BCUT2D eigenvalue weighted by molar-refractivity contribution is 6.23. The molecular formula is C11H16BN. The zero-order valence-corrected chi connectivity index (χ0v) is 8.29. The van der Waals surface area contributed by atoms with Crippen LogP contribution in [0, 0.1) is 0 Å². The van der Waals surface area contributed by atoms with Gasteiger partial charge < -0.3 is 4.90 Å². The molecule has 0 atom stereocenters. The first-order valence-electron chi connectivity index (χ1n) is 4.85. The Morgan fingerprint density at radius 1 is 1.38 bits per heavy atom. The molecule has 0 amide bonds. The van der Waals surface area contributed by atoms with Gasteiger partial charge in [0.15, 0.2) is 0 Å². The lowest BCUT2D eigenvalue weighted by Gasteiger charge is -2.24. The molecule has 0 saturated heterocycles. The minimum Gasteiger partial charge on any atom is -0.349 e. The van der Waals surface area contributed by atoms with Crippen LogP contribution in [0.3, 0.4) is 0 Å². The second kappa shape index (κ2) is 4.95. The molecule has 1 rings (SSSR count). The second-order valence-corrected chi connectivity index (χ2v) is 3.35. The van der Waals surface area contributed by atoms with Gasteiger partial charge in [0.2, 0.25) is 0 Å². The molecular weight excluding hydrogens is 157 g/mol. The third-order valence-corrected chi connectivity index (χ3v) is 2.14. The van der Waals surface area contributed by atoms with Crippen molar-refractivity contribution in [2.75, 3.05) is 6.54 Å². The second-order valence-electron chi connectivity index (χ2n) is 3.35. The fraction of sp³-hybridized carbons (Fsp3) is 0.455. The third-order valence-electron chi connectivity index (χ3n) is 2.14. The predicted molar refractivity (Wildman–Crippen MR) is 58.3 cm³/mol. The zero-order valence-electron chi connectivity index (χ0n) is 8.29. The molecule has 0 aliphatic carbocycles. The maximum atomic E-state index is 5.68. The number of allylic oxidation sites excluding steroid dienone is 3. The van der Waals surface area contributed by atoms with Crippen molar-refractivity contribution in [1.29, 1.82) is 0 Å². The van der Waals surface area contributed by atoms with Gasteiger partial charge in [-0.3, -0.25) is 0 Å². The summed E-state index contributed by atoms with van der Waals surface area (Å²) in [6, 6.07) is 0. The smallest absolute Gasteiger partial charge is 0.115 e. The van der Waals surface area contributed by atoms with Crippen LogP contribution in [0.15, 0.2) is 36.1 Å². The Kier molecular flexibility index (Phi) is 3.87. The SMILES string of the molecule is [B]C1=CN(CCCCC)C(=C)C=C1. The third kappa shape index (κ3) is 3.13. The van der Waals surface area contributed by atoms with Crippen molar-refractivity contribution >= 4 is 7.85 Å². The van der Waals surface area contributed by atoms with Crippen molar-refractivity contribution in [2.45, 2.75) is 26.2 Å². The molecule has 2 heteroatoms. The molecule has 1 aliphatic rings. The highest BCUT2D eigenvalue weighted by Gasteiger charge is 2.05. The van der Waals surface area contributed by atoms with Crippen LogP contribution in [0.4, 0.5) is 0 Å². The Bertz CT molecular complexity index is 240. The fourth-order valence-electron chi connectivity index (χ4n) is 1.33. The summed E-state index contributed by atoms with van der Waals surface area (Å²) in [4.78, 5) is 2.12. The summed E-state index contributed by atoms with van der Waals surface area (Å²) in [6.07, 6.45) is 9.52. The van der Waals surface area contributed by atoms with E-state index < -0.39 is 0 Å². The first-order valence-corrected chi connectivity index (χ1v) is 4.85. The largest absolute Gasteiger partial charge is 0.349 e. The number of rotatable bonds is 4. The summed E-state index contributed by atoms with van der Waals surface area (Å²) < 4.78 is 0. The van der Waals surface area contributed by atoms with Crippen molar-refractivity contribution in [1.82, 2.24) is 4.90 Å². The van der Waals surface area contributed by atoms with Crippen LogP contribution in [0.2, 0.25) is 0 Å². The summed E-state index contributed by atoms with van der Waals surface area (Å²) in [5.41, 5.74) is 1.84. The minimum absolute atomic E-state index is 0.809. The molecule has 0 unspecified atom stereocenters. The molecule has 0 aromatic rings. The lowest BCUT2D eigenvalue weighted by Crippen LogP contribution is -2.19. The van der Waals surface area contributed by atoms with E-state index in [-0.39, 0.29) is 0 Å². The molecule has 1 heterocycles. The first-order chi connectivity index (χ1) is 6.24. The molecule has 0 aromatic heterocycles. The maximum Gasteiger partial charge on any atom is 0.115 e. The van der Waals surface area contributed by atoms with E-state index in [1.54, 1.807) is 0 Å². The monoisotopic (exact) mass is 173 g/mol. The fourth-order valence-corrected chi connectivity index (χ4v) is 1.33. The van der Waals surface area contributed by atoms with Gasteiger partial charge in [0.1, 0.15) is 7.85 Å². The van der Waals surface area contributed by atoms with Crippen LogP contribution >= 0.6 is 0 Å². The van der Waals surface area contributed by atoms with Gasteiger partial charge in [-0.2, -0.15) is 0 Å². The number of hydrogen-bond donors (Lipinski definition) is 0. The van der Waals surface area contributed by atoms with E-state index in [1.807, 2.05) is 18.4 Å². The van der Waals surface area contributed by atoms with Crippen LogP contribution < -0.4 is 0 Å². The highest BCUT2D eigenvalue weighted by atomic mass is 15.1. The Morgan fingerprint density at radius 3 is 2.85 bits per heavy atom. The van der Waals surface area contributed by atoms with Crippen molar-refractivity contribution < 1.29 is 0 Å². The molecule has 0 bridgehead atoms. The summed E-state index contributed by atoms with van der Waals surface area (Å²) in [5.74, 6) is 0. The van der Waals surface area contributed by atoms with Crippen molar-refractivity contribution in [3.05, 3.63) is 36.1 Å². The van der Waals surface area contributed by atoms with Gasteiger partial charge in [-0.15, -0.1) is 0 Å². The normalized spacial score (nSPS) is 16.2. The summed E-state index contributed by atoms with van der Waals surface area (Å²) >= 11 is 0. The standard InChI is InChI=1S/C11H16BN/c1-3-4-5-8-13-9-11(12)7-6-10(13)2/h6-7,9H,2-5,8H2,1H3. The minimum atomic E-state index is 0.809. The van der Waals surface area contributed by atoms with E-state index in [1.165, 1.54) is 19.3 Å². The molecule has 0 spiro atoms. The predicted octanol–water partition coefficient (Wildman–Crippen LogP) is 2.57. The van der Waals surface area contributed by atoms with Crippen molar-refractivity contribution in [3.8, 4) is 0 Å². The summed E-state index contributed by atoms with van der Waals surface area (Å²) in [7, 11) is 5.68. The zero-order chi connectivity index (χ0) is 9.68. The molecule has 0 fully saturated rings. The van der Waals surface area contributed by atoms with E-state index in [9.17, 15) is 0 Å². The van der Waals surface area contributed by atoms with E-state index in [2.05, 4.69) is 18.4 Å². The lowest BCUT2D eigenvalue weighted by molar-refractivity contribution is 0.451. The summed E-state index contributed by atoms with van der Waals surface area (Å²) in [6.45, 7) is 7.18. The average molecular weight is 173 g/mol. The first kappa shape index (κ1) is 10.2. The molecule has 13 heavy (non-hydrogen) atoms. The molecule has 68 valence electrons. The van der Waals surface area contributed by atoms with Crippen LogP contribution in [0.1, 0.15) is 26.2 Å². The lowest BCUT2D eigenvalue weighted by atomic mass is 9.94. The Morgan fingerprint density at radius 2 is 2.15 bits per heavy atom. The van der Waals surface area contributed by atoms with Gasteiger partial charge >= 0.3 is 0 Å². The molecule has 2 radical (unpaired) electrons. The van der Waals surface area contributed by atoms with Gasteiger partial charge in [-0.05, 0) is 18.7 Å². The van der Waals surface area contributed by atoms with E-state index in [0.29, 0.717) is 0 Å². The number of hydrogen-bond acceptors (Lipinski definition) is 1. The Labute approximate surface area is 82.2 Å². The Hall–Kier alpha value is -0.915. The summed E-state index contributed by atoms with van der Waals surface area (Å²) in [5, 5.41) is 0. The topological polar surface area (TPSA) is 3.24 Å². The van der Waals surface area contributed by atoms with Crippen molar-refractivity contribution in [2.24, 2.45) is 0 Å². The van der Waals surface area contributed by atoms with Gasteiger partial charge in [0.25, 0.3) is 0 Å². The molecule has 0 aromatic carbocycles. The maximum absolute atomic E-state index is 5.68. The average Bonchev–Trinajstić information content (AvgIpc) is 2.11. The molecule has 1 nitrogen and oxygen atoms in total. The van der Waals surface area contributed by atoms with Crippen molar-refractivity contribution in [3.63, 3.8) is 0 Å². The van der Waals surface area contributed by atoms with Gasteiger partial charge in [-0.25, -0.2) is 0 Å². The van der Waals surface area contributed by atoms with Crippen LogP contribution in [-0.2, 0) is 0 Å². The van der Waals surface area contributed by atoms with Gasteiger partial charge in [-0.1, -0.05) is 37.9 Å². The number of nitrogens with zero attached hydrogens (tertiary/aromatic N) is 1. The molecule has 1 aliphatic heterocycles. The molecule has 0 N–H and O–H groups in total. The highest BCUT2D eigenvalue weighted by Crippen LogP contribution is 2.14. The van der Waals surface area contributed by atoms with Crippen LogP contribution in [0.5, 0.6) is 0 Å². The van der Waals surface area contributed by atoms with Gasteiger partial charge in [0.05, 0.1) is 0 Å². The Balaban J connectivity index is 2.41.